The SMILES string of the molecule is CC(=O)NC(CS)C(=O)OC1CCCCC1C. The van der Waals surface area contributed by atoms with Gasteiger partial charge < -0.3 is 10.1 Å². The molecule has 0 spiro atoms. The largest absolute Gasteiger partial charge is 0.461 e. The van der Waals surface area contributed by atoms with Crippen molar-refractivity contribution in [2.75, 3.05) is 5.75 Å². The van der Waals surface area contributed by atoms with Crippen molar-refractivity contribution >= 4 is 24.5 Å². The summed E-state index contributed by atoms with van der Waals surface area (Å²) in [7, 11) is 0. The summed E-state index contributed by atoms with van der Waals surface area (Å²) in [5, 5.41) is 2.54. The van der Waals surface area contributed by atoms with Gasteiger partial charge >= 0.3 is 5.97 Å². The lowest BCUT2D eigenvalue weighted by atomic mass is 9.88. The van der Waals surface area contributed by atoms with E-state index in [2.05, 4.69) is 24.9 Å². The normalized spacial score (nSPS) is 26.1. The zero-order valence-corrected chi connectivity index (χ0v) is 11.3. The van der Waals surface area contributed by atoms with Gasteiger partial charge in [0.25, 0.3) is 0 Å². The Bertz CT molecular complexity index is 283. The molecule has 3 atom stereocenters. The number of rotatable bonds is 4. The Morgan fingerprint density at radius 3 is 2.59 bits per heavy atom. The second-order valence-corrected chi connectivity index (χ2v) is 5.04. The second-order valence-electron chi connectivity index (χ2n) is 4.67. The molecule has 1 N–H and O–H groups in total. The fourth-order valence-corrected chi connectivity index (χ4v) is 2.35. The zero-order chi connectivity index (χ0) is 12.8. The maximum atomic E-state index is 11.8. The van der Waals surface area contributed by atoms with E-state index < -0.39 is 6.04 Å². The van der Waals surface area contributed by atoms with Gasteiger partial charge in [-0.25, -0.2) is 4.79 Å². The molecule has 1 amide bonds. The summed E-state index contributed by atoms with van der Waals surface area (Å²) in [6.45, 7) is 3.48. The molecule has 1 rings (SSSR count). The molecule has 1 fully saturated rings. The van der Waals surface area contributed by atoms with Crippen molar-refractivity contribution in [1.82, 2.24) is 5.32 Å². The first-order valence-electron chi connectivity index (χ1n) is 6.13. The van der Waals surface area contributed by atoms with E-state index in [1.54, 1.807) is 0 Å². The van der Waals surface area contributed by atoms with E-state index >= 15 is 0 Å². The van der Waals surface area contributed by atoms with E-state index in [0.29, 0.717) is 5.92 Å². The van der Waals surface area contributed by atoms with E-state index in [1.807, 2.05) is 0 Å². The van der Waals surface area contributed by atoms with Crippen LogP contribution >= 0.6 is 12.6 Å². The Balaban J connectivity index is 2.47. The van der Waals surface area contributed by atoms with Crippen LogP contribution in [0.3, 0.4) is 0 Å². The first kappa shape index (κ1) is 14.4. The highest BCUT2D eigenvalue weighted by atomic mass is 32.1. The molecular formula is C12H21NO3S. The standard InChI is InChI=1S/C12H21NO3S/c1-8-5-3-4-6-11(8)16-12(15)10(7-17)13-9(2)14/h8,10-11,17H,3-7H2,1-2H3,(H,13,14). The number of ether oxygens (including phenoxy) is 1. The van der Waals surface area contributed by atoms with Crippen molar-refractivity contribution in [2.24, 2.45) is 5.92 Å². The molecule has 17 heavy (non-hydrogen) atoms. The topological polar surface area (TPSA) is 55.4 Å². The van der Waals surface area contributed by atoms with Gasteiger partial charge in [-0.3, -0.25) is 4.79 Å². The predicted molar refractivity (Wildman–Crippen MR) is 69.0 cm³/mol. The molecule has 1 aliphatic rings. The molecular weight excluding hydrogens is 238 g/mol. The maximum Gasteiger partial charge on any atom is 0.329 e. The van der Waals surface area contributed by atoms with Gasteiger partial charge in [-0.05, 0) is 25.2 Å². The molecule has 5 heteroatoms. The van der Waals surface area contributed by atoms with Gasteiger partial charge in [-0.1, -0.05) is 13.3 Å². The Labute approximate surface area is 108 Å². The fraction of sp³-hybridized carbons (Fsp3) is 0.833. The van der Waals surface area contributed by atoms with E-state index in [1.165, 1.54) is 13.3 Å². The molecule has 98 valence electrons. The van der Waals surface area contributed by atoms with E-state index in [-0.39, 0.29) is 23.7 Å². The van der Waals surface area contributed by atoms with Crippen LogP contribution < -0.4 is 5.32 Å². The second kappa shape index (κ2) is 6.89. The van der Waals surface area contributed by atoms with E-state index in [4.69, 9.17) is 4.74 Å². The number of esters is 1. The number of carbonyl (C=O) groups is 2. The molecule has 0 saturated heterocycles. The summed E-state index contributed by atoms with van der Waals surface area (Å²) in [4.78, 5) is 22.8. The van der Waals surface area contributed by atoms with Crippen LogP contribution in [0.4, 0.5) is 0 Å². The highest BCUT2D eigenvalue weighted by Crippen LogP contribution is 2.26. The molecule has 0 bridgehead atoms. The summed E-state index contributed by atoms with van der Waals surface area (Å²) in [6.07, 6.45) is 4.33. The fourth-order valence-electron chi connectivity index (χ4n) is 2.11. The Morgan fingerprint density at radius 2 is 2.06 bits per heavy atom. The van der Waals surface area contributed by atoms with Gasteiger partial charge in [0.15, 0.2) is 0 Å². The summed E-state index contributed by atoms with van der Waals surface area (Å²) in [5.74, 6) is 0.0664. The van der Waals surface area contributed by atoms with Crippen LogP contribution in [0.25, 0.3) is 0 Å². The number of hydrogen-bond donors (Lipinski definition) is 2. The van der Waals surface area contributed by atoms with Crippen LogP contribution in [0.2, 0.25) is 0 Å². The predicted octanol–water partition coefficient (Wildman–Crippen LogP) is 1.54. The van der Waals surface area contributed by atoms with Crippen LogP contribution in [-0.4, -0.2) is 29.8 Å². The van der Waals surface area contributed by atoms with Crippen molar-refractivity contribution in [3.05, 3.63) is 0 Å². The number of hydrogen-bond acceptors (Lipinski definition) is 4. The van der Waals surface area contributed by atoms with Crippen molar-refractivity contribution in [3.8, 4) is 0 Å². The molecule has 4 nitrogen and oxygen atoms in total. The molecule has 1 saturated carbocycles. The average molecular weight is 259 g/mol. The molecule has 0 radical (unpaired) electrons. The van der Waals surface area contributed by atoms with Crippen LogP contribution in [0.15, 0.2) is 0 Å². The minimum absolute atomic E-state index is 0.00704. The molecule has 0 aromatic heterocycles. The number of nitrogens with one attached hydrogen (secondary N) is 1. The lowest BCUT2D eigenvalue weighted by Gasteiger charge is -2.29. The first-order chi connectivity index (χ1) is 8.04. The molecule has 0 aromatic carbocycles. The molecule has 0 aromatic rings. The minimum Gasteiger partial charge on any atom is -0.461 e. The third kappa shape index (κ3) is 4.58. The van der Waals surface area contributed by atoms with Crippen LogP contribution in [0.1, 0.15) is 39.5 Å². The maximum absolute atomic E-state index is 11.8. The Kier molecular flexibility index (Phi) is 5.82. The smallest absolute Gasteiger partial charge is 0.329 e. The highest BCUT2D eigenvalue weighted by molar-refractivity contribution is 7.80. The van der Waals surface area contributed by atoms with Gasteiger partial charge in [0.2, 0.25) is 5.91 Å². The molecule has 1 aliphatic carbocycles. The summed E-state index contributed by atoms with van der Waals surface area (Å²) >= 11 is 4.05. The van der Waals surface area contributed by atoms with Crippen LogP contribution in [-0.2, 0) is 14.3 Å². The Morgan fingerprint density at radius 1 is 1.41 bits per heavy atom. The lowest BCUT2D eigenvalue weighted by Crippen LogP contribution is -2.44. The van der Waals surface area contributed by atoms with Gasteiger partial charge in [-0.15, -0.1) is 0 Å². The Hall–Kier alpha value is -0.710. The average Bonchev–Trinajstić information content (AvgIpc) is 2.28. The summed E-state index contributed by atoms with van der Waals surface area (Å²) in [5.41, 5.74) is 0. The van der Waals surface area contributed by atoms with Gasteiger partial charge in [0, 0.05) is 12.7 Å². The van der Waals surface area contributed by atoms with Crippen molar-refractivity contribution < 1.29 is 14.3 Å². The highest BCUT2D eigenvalue weighted by Gasteiger charge is 2.28. The number of thiol groups is 1. The molecule has 0 aliphatic heterocycles. The summed E-state index contributed by atoms with van der Waals surface area (Å²) < 4.78 is 5.45. The van der Waals surface area contributed by atoms with Crippen LogP contribution in [0.5, 0.6) is 0 Å². The molecule has 0 heterocycles. The van der Waals surface area contributed by atoms with Crippen molar-refractivity contribution in [2.45, 2.75) is 51.7 Å². The molecule has 3 unspecified atom stereocenters. The van der Waals surface area contributed by atoms with E-state index in [9.17, 15) is 9.59 Å². The van der Waals surface area contributed by atoms with E-state index in [0.717, 1.165) is 19.3 Å². The minimum atomic E-state index is -0.634. The number of carbonyl (C=O) groups excluding carboxylic acids is 2. The number of amides is 1. The first-order valence-corrected chi connectivity index (χ1v) is 6.76. The van der Waals surface area contributed by atoms with Crippen molar-refractivity contribution in [1.29, 1.82) is 0 Å². The van der Waals surface area contributed by atoms with Gasteiger partial charge in [-0.2, -0.15) is 12.6 Å². The van der Waals surface area contributed by atoms with Crippen molar-refractivity contribution in [3.63, 3.8) is 0 Å². The van der Waals surface area contributed by atoms with Gasteiger partial charge in [0.05, 0.1) is 0 Å². The van der Waals surface area contributed by atoms with Crippen LogP contribution in [0, 0.1) is 5.92 Å². The summed E-state index contributed by atoms with van der Waals surface area (Å²) in [6, 6.07) is -0.634. The third-order valence-electron chi connectivity index (χ3n) is 3.14. The lowest BCUT2D eigenvalue weighted by molar-refractivity contribution is -0.156. The van der Waals surface area contributed by atoms with Gasteiger partial charge in [0.1, 0.15) is 12.1 Å². The monoisotopic (exact) mass is 259 g/mol. The zero-order valence-electron chi connectivity index (χ0n) is 10.4. The third-order valence-corrected chi connectivity index (χ3v) is 3.51. The quantitative estimate of drug-likeness (QED) is 0.595.